The van der Waals surface area contributed by atoms with Gasteiger partial charge in [0.15, 0.2) is 11.6 Å². The number of H-pyrrole nitrogens is 1. The third-order valence-corrected chi connectivity index (χ3v) is 6.82. The highest BCUT2D eigenvalue weighted by atomic mass is 19.1. The Bertz CT molecular complexity index is 1300. The van der Waals surface area contributed by atoms with Gasteiger partial charge in [0.25, 0.3) is 0 Å². The van der Waals surface area contributed by atoms with Gasteiger partial charge in [-0.25, -0.2) is 13.2 Å². The number of nitrogens with zero attached hydrogens (tertiary/aromatic N) is 1. The van der Waals surface area contributed by atoms with Gasteiger partial charge in [0.1, 0.15) is 17.9 Å². The van der Waals surface area contributed by atoms with Crippen molar-refractivity contribution >= 4 is 16.8 Å². The molecule has 5 nitrogen and oxygen atoms in total. The van der Waals surface area contributed by atoms with E-state index < -0.39 is 23.4 Å². The highest BCUT2D eigenvalue weighted by molar-refractivity contribution is 5.95. The summed E-state index contributed by atoms with van der Waals surface area (Å²) in [5.74, 6) is -1.75. The zero-order valence-corrected chi connectivity index (χ0v) is 18.8. The minimum Gasteiger partial charge on any atom is -0.460 e. The SMILES string of the molecule is C[C@H](CCc1c[nH]c2c(F)cc(F)cc12)N(CC1CC1)C1=COc2c(F)ccc(C(N)=O)c2C1. The van der Waals surface area contributed by atoms with Crippen LogP contribution in [-0.2, 0) is 12.8 Å². The Morgan fingerprint density at radius 2 is 2.03 bits per heavy atom. The first-order valence-electron chi connectivity index (χ1n) is 11.5. The summed E-state index contributed by atoms with van der Waals surface area (Å²) < 4.78 is 47.8. The number of primary amides is 1. The first-order chi connectivity index (χ1) is 16.3. The van der Waals surface area contributed by atoms with Crippen molar-refractivity contribution in [3.63, 3.8) is 0 Å². The Kier molecular flexibility index (Phi) is 5.75. The van der Waals surface area contributed by atoms with Crippen LogP contribution in [0.15, 0.2) is 42.4 Å². The average Bonchev–Trinajstić information content (AvgIpc) is 3.53. The van der Waals surface area contributed by atoms with Gasteiger partial charge in [0.05, 0.1) is 11.2 Å². The van der Waals surface area contributed by atoms with Crippen molar-refractivity contribution in [3.8, 4) is 5.75 Å². The monoisotopic (exact) mass is 469 g/mol. The number of nitrogens with two attached hydrogens (primary N) is 1. The summed E-state index contributed by atoms with van der Waals surface area (Å²) in [6.45, 7) is 2.92. The molecule has 1 amide bonds. The minimum atomic E-state index is -0.623. The lowest BCUT2D eigenvalue weighted by Crippen LogP contribution is -2.36. The maximum Gasteiger partial charge on any atom is 0.249 e. The molecule has 2 heterocycles. The Labute approximate surface area is 195 Å². The summed E-state index contributed by atoms with van der Waals surface area (Å²) in [7, 11) is 0. The molecule has 0 saturated heterocycles. The summed E-state index contributed by atoms with van der Waals surface area (Å²) in [4.78, 5) is 17.1. The lowest BCUT2D eigenvalue weighted by molar-refractivity contribution is 0.0998. The van der Waals surface area contributed by atoms with Crippen LogP contribution < -0.4 is 10.5 Å². The Hall–Kier alpha value is -3.42. The second-order valence-electron chi connectivity index (χ2n) is 9.28. The van der Waals surface area contributed by atoms with Crippen LogP contribution in [-0.4, -0.2) is 28.4 Å². The number of hydrogen-bond acceptors (Lipinski definition) is 3. The van der Waals surface area contributed by atoms with E-state index >= 15 is 0 Å². The largest absolute Gasteiger partial charge is 0.460 e. The molecular weight excluding hydrogens is 443 g/mol. The van der Waals surface area contributed by atoms with Crippen LogP contribution in [0, 0.1) is 23.4 Å². The highest BCUT2D eigenvalue weighted by Gasteiger charge is 2.31. The number of ether oxygens (including phenoxy) is 1. The standard InChI is InChI=1S/C26H26F3N3O2/c1-14(2-5-16-11-31-24-20(16)8-17(27)9-23(24)29)32(12-15-3-4-15)18-10-21-19(26(30)33)6-7-22(28)25(21)34-13-18/h6-9,11,13-15,31H,2-5,10,12H2,1H3,(H2,30,33)/t14-/m1/s1. The summed E-state index contributed by atoms with van der Waals surface area (Å²) >= 11 is 0. The molecule has 2 aliphatic rings. The number of amides is 1. The molecule has 3 N–H and O–H groups in total. The van der Waals surface area contributed by atoms with Gasteiger partial charge in [-0.05, 0) is 62.3 Å². The molecule has 3 aromatic rings. The molecule has 1 aromatic heterocycles. The van der Waals surface area contributed by atoms with E-state index in [1.807, 2.05) is 0 Å². The molecule has 1 aliphatic heterocycles. The number of benzene rings is 2. The normalized spacial score (nSPS) is 16.1. The fourth-order valence-electron chi connectivity index (χ4n) is 4.75. The number of nitrogens with one attached hydrogen (secondary N) is 1. The maximum absolute atomic E-state index is 14.3. The average molecular weight is 470 g/mol. The van der Waals surface area contributed by atoms with Gasteiger partial charge < -0.3 is 20.4 Å². The molecule has 8 heteroatoms. The molecule has 34 heavy (non-hydrogen) atoms. The van der Waals surface area contributed by atoms with E-state index in [9.17, 15) is 18.0 Å². The number of allylic oxidation sites excluding steroid dienone is 1. The van der Waals surface area contributed by atoms with Crippen LogP contribution >= 0.6 is 0 Å². The Balaban J connectivity index is 1.37. The number of hydrogen-bond donors (Lipinski definition) is 2. The minimum absolute atomic E-state index is 0.0434. The molecule has 5 rings (SSSR count). The van der Waals surface area contributed by atoms with E-state index in [4.69, 9.17) is 10.5 Å². The van der Waals surface area contributed by atoms with Crippen molar-refractivity contribution in [1.82, 2.24) is 9.88 Å². The molecule has 0 unspecified atom stereocenters. The summed E-state index contributed by atoms with van der Waals surface area (Å²) in [5, 5.41) is 0.550. The molecule has 2 aromatic carbocycles. The van der Waals surface area contributed by atoms with E-state index in [1.54, 1.807) is 12.5 Å². The molecule has 0 spiro atoms. The van der Waals surface area contributed by atoms with Crippen molar-refractivity contribution in [2.24, 2.45) is 11.7 Å². The van der Waals surface area contributed by atoms with Gasteiger partial charge in [-0.1, -0.05) is 0 Å². The first-order valence-corrected chi connectivity index (χ1v) is 11.5. The summed E-state index contributed by atoms with van der Waals surface area (Å²) in [6, 6.07) is 4.89. The van der Waals surface area contributed by atoms with Crippen molar-refractivity contribution in [2.75, 3.05) is 6.54 Å². The van der Waals surface area contributed by atoms with Gasteiger partial charge in [-0.15, -0.1) is 0 Å². The van der Waals surface area contributed by atoms with Gasteiger partial charge in [0, 0.05) is 47.8 Å². The third-order valence-electron chi connectivity index (χ3n) is 6.82. The first kappa shape index (κ1) is 22.4. The Morgan fingerprint density at radius 1 is 1.24 bits per heavy atom. The number of carbonyl (C=O) groups excluding carboxylic acids is 1. The van der Waals surface area contributed by atoms with Crippen molar-refractivity contribution < 1.29 is 22.7 Å². The van der Waals surface area contributed by atoms with E-state index in [1.165, 1.54) is 18.2 Å². The topological polar surface area (TPSA) is 71.3 Å². The predicted molar refractivity (Wildman–Crippen MR) is 123 cm³/mol. The van der Waals surface area contributed by atoms with Crippen LogP contribution in [0.2, 0.25) is 0 Å². The molecule has 1 saturated carbocycles. The fraction of sp³-hybridized carbons (Fsp3) is 0.346. The second-order valence-corrected chi connectivity index (χ2v) is 9.28. The van der Waals surface area contributed by atoms with E-state index in [2.05, 4.69) is 16.8 Å². The van der Waals surface area contributed by atoms with Crippen LogP contribution in [0.1, 0.15) is 47.7 Å². The van der Waals surface area contributed by atoms with Crippen LogP contribution in [0.4, 0.5) is 13.2 Å². The van der Waals surface area contributed by atoms with Gasteiger partial charge >= 0.3 is 0 Å². The zero-order valence-electron chi connectivity index (χ0n) is 18.8. The van der Waals surface area contributed by atoms with E-state index in [0.717, 1.165) is 43.1 Å². The smallest absolute Gasteiger partial charge is 0.249 e. The number of aromatic amines is 1. The number of rotatable bonds is 8. The molecule has 1 aliphatic carbocycles. The van der Waals surface area contributed by atoms with Crippen molar-refractivity contribution in [1.29, 1.82) is 0 Å². The second kappa shape index (κ2) is 8.74. The number of carbonyl (C=O) groups is 1. The Morgan fingerprint density at radius 3 is 2.76 bits per heavy atom. The molecule has 1 atom stereocenters. The van der Waals surface area contributed by atoms with Crippen LogP contribution in [0.25, 0.3) is 10.9 Å². The molecule has 0 radical (unpaired) electrons. The summed E-state index contributed by atoms with van der Waals surface area (Å²) in [6.07, 6.45) is 7.28. The maximum atomic E-state index is 14.3. The molecular formula is C26H26F3N3O2. The van der Waals surface area contributed by atoms with Crippen molar-refractivity contribution in [2.45, 2.75) is 45.1 Å². The van der Waals surface area contributed by atoms with E-state index in [0.29, 0.717) is 35.2 Å². The fourth-order valence-corrected chi connectivity index (χ4v) is 4.75. The zero-order chi connectivity index (χ0) is 24.0. The molecule has 1 fully saturated rings. The van der Waals surface area contributed by atoms with E-state index in [-0.39, 0.29) is 17.4 Å². The lowest BCUT2D eigenvalue weighted by Gasteiger charge is -2.35. The van der Waals surface area contributed by atoms with Gasteiger partial charge in [-0.2, -0.15) is 0 Å². The number of aromatic nitrogens is 1. The lowest BCUT2D eigenvalue weighted by atomic mass is 9.97. The van der Waals surface area contributed by atoms with Gasteiger partial charge in [0.2, 0.25) is 5.91 Å². The van der Waals surface area contributed by atoms with Crippen molar-refractivity contribution in [3.05, 3.63) is 76.6 Å². The predicted octanol–water partition coefficient (Wildman–Crippen LogP) is 5.19. The van der Waals surface area contributed by atoms with Crippen LogP contribution in [0.3, 0.4) is 0 Å². The number of fused-ring (bicyclic) bond motifs is 2. The number of aryl methyl sites for hydroxylation is 1. The highest BCUT2D eigenvalue weighted by Crippen LogP contribution is 2.37. The molecule has 178 valence electrons. The third kappa shape index (κ3) is 4.24. The quantitative estimate of drug-likeness (QED) is 0.477. The number of halogens is 3. The summed E-state index contributed by atoms with van der Waals surface area (Å²) in [5.41, 5.74) is 8.25. The van der Waals surface area contributed by atoms with Crippen LogP contribution in [0.5, 0.6) is 5.75 Å². The van der Waals surface area contributed by atoms with Gasteiger partial charge in [-0.3, -0.25) is 4.79 Å². The molecule has 0 bridgehead atoms.